The van der Waals surface area contributed by atoms with E-state index in [-0.39, 0.29) is 10.8 Å². The molecule has 2 rings (SSSR count). The Morgan fingerprint density at radius 1 is 1.00 bits per heavy atom. The van der Waals surface area contributed by atoms with Gasteiger partial charge in [0.05, 0.1) is 5.60 Å². The molecule has 15 heavy (non-hydrogen) atoms. The van der Waals surface area contributed by atoms with Gasteiger partial charge in [0.1, 0.15) is 0 Å². The molecule has 2 fully saturated rings. The van der Waals surface area contributed by atoms with Crippen molar-refractivity contribution in [3.63, 3.8) is 0 Å². The number of hydrogen-bond donors (Lipinski definition) is 2. The standard InChI is InChI=1S/C13H25NO/c1-11(2)6-3-4-9-13(11,15)12(10-14)7-5-8-12/h15H,3-10,14H2,1-2H3. The Kier molecular flexibility index (Phi) is 2.63. The van der Waals surface area contributed by atoms with E-state index in [1.165, 1.54) is 19.3 Å². The second kappa shape index (κ2) is 3.46. The first-order valence-corrected chi connectivity index (χ1v) is 6.40. The highest BCUT2D eigenvalue weighted by molar-refractivity contribution is 5.11. The summed E-state index contributed by atoms with van der Waals surface area (Å²) in [6, 6.07) is 0. The van der Waals surface area contributed by atoms with Crippen LogP contribution in [0, 0.1) is 10.8 Å². The minimum absolute atomic E-state index is 0.0386. The Labute approximate surface area is 93.2 Å². The fraction of sp³-hybridized carbons (Fsp3) is 1.00. The Balaban J connectivity index is 2.29. The molecule has 2 nitrogen and oxygen atoms in total. The third-order valence-electron chi connectivity index (χ3n) is 5.29. The molecule has 0 amide bonds. The zero-order valence-electron chi connectivity index (χ0n) is 10.2. The number of aliphatic hydroxyl groups is 1. The monoisotopic (exact) mass is 211 g/mol. The number of hydrogen-bond acceptors (Lipinski definition) is 2. The second-order valence-electron chi connectivity index (χ2n) is 6.29. The highest BCUT2D eigenvalue weighted by Crippen LogP contribution is 2.60. The first kappa shape index (κ1) is 11.4. The molecule has 0 aromatic heterocycles. The summed E-state index contributed by atoms with van der Waals surface area (Å²) in [5.41, 5.74) is 5.52. The highest BCUT2D eigenvalue weighted by Gasteiger charge is 2.60. The topological polar surface area (TPSA) is 46.2 Å². The Morgan fingerprint density at radius 3 is 2.00 bits per heavy atom. The van der Waals surface area contributed by atoms with Gasteiger partial charge in [0, 0.05) is 12.0 Å². The van der Waals surface area contributed by atoms with E-state index < -0.39 is 5.60 Å². The highest BCUT2D eigenvalue weighted by atomic mass is 16.3. The van der Waals surface area contributed by atoms with E-state index in [0.29, 0.717) is 6.54 Å². The lowest BCUT2D eigenvalue weighted by Crippen LogP contribution is -2.64. The van der Waals surface area contributed by atoms with Gasteiger partial charge in [-0.25, -0.2) is 0 Å². The van der Waals surface area contributed by atoms with Gasteiger partial charge < -0.3 is 10.8 Å². The summed E-state index contributed by atoms with van der Waals surface area (Å²) in [7, 11) is 0. The molecule has 0 aromatic carbocycles. The molecule has 0 aliphatic heterocycles. The van der Waals surface area contributed by atoms with Crippen LogP contribution in [0.3, 0.4) is 0 Å². The summed E-state index contributed by atoms with van der Waals surface area (Å²) in [5, 5.41) is 11.1. The van der Waals surface area contributed by atoms with E-state index >= 15 is 0 Å². The number of nitrogens with two attached hydrogens (primary N) is 1. The van der Waals surface area contributed by atoms with Crippen molar-refractivity contribution in [3.05, 3.63) is 0 Å². The molecule has 2 aliphatic rings. The van der Waals surface area contributed by atoms with Crippen molar-refractivity contribution < 1.29 is 5.11 Å². The van der Waals surface area contributed by atoms with Gasteiger partial charge in [-0.15, -0.1) is 0 Å². The molecule has 0 aromatic rings. The average Bonchev–Trinajstić information content (AvgIpc) is 2.09. The van der Waals surface area contributed by atoms with Crippen LogP contribution in [0.1, 0.15) is 58.8 Å². The average molecular weight is 211 g/mol. The van der Waals surface area contributed by atoms with Gasteiger partial charge in [0.15, 0.2) is 0 Å². The van der Waals surface area contributed by atoms with Crippen LogP contribution in [-0.4, -0.2) is 17.3 Å². The quantitative estimate of drug-likeness (QED) is 0.737. The van der Waals surface area contributed by atoms with Gasteiger partial charge >= 0.3 is 0 Å². The van der Waals surface area contributed by atoms with Crippen molar-refractivity contribution in [3.8, 4) is 0 Å². The molecule has 0 spiro atoms. The van der Waals surface area contributed by atoms with E-state index in [4.69, 9.17) is 5.73 Å². The summed E-state index contributed by atoms with van der Waals surface area (Å²) < 4.78 is 0. The molecule has 88 valence electrons. The summed E-state index contributed by atoms with van der Waals surface area (Å²) in [6.45, 7) is 5.11. The van der Waals surface area contributed by atoms with Crippen LogP contribution in [0.5, 0.6) is 0 Å². The van der Waals surface area contributed by atoms with E-state index in [9.17, 15) is 5.11 Å². The Hall–Kier alpha value is -0.0800. The molecular formula is C13H25NO. The smallest absolute Gasteiger partial charge is 0.0766 e. The maximum atomic E-state index is 11.1. The van der Waals surface area contributed by atoms with Crippen LogP contribution in [0.25, 0.3) is 0 Å². The molecule has 1 atom stereocenters. The normalized spacial score (nSPS) is 38.4. The van der Waals surface area contributed by atoms with Crippen molar-refractivity contribution in [1.29, 1.82) is 0 Å². The van der Waals surface area contributed by atoms with Crippen molar-refractivity contribution in [2.24, 2.45) is 16.6 Å². The van der Waals surface area contributed by atoms with Crippen LogP contribution in [0.2, 0.25) is 0 Å². The molecule has 2 aliphatic carbocycles. The lowest BCUT2D eigenvalue weighted by molar-refractivity contribution is -0.208. The minimum Gasteiger partial charge on any atom is -0.389 e. The largest absolute Gasteiger partial charge is 0.389 e. The Bertz CT molecular complexity index is 239. The molecular weight excluding hydrogens is 186 g/mol. The summed E-state index contributed by atoms with van der Waals surface area (Å²) in [5.74, 6) is 0. The van der Waals surface area contributed by atoms with Crippen LogP contribution >= 0.6 is 0 Å². The van der Waals surface area contributed by atoms with Crippen LogP contribution < -0.4 is 5.73 Å². The predicted molar refractivity (Wildman–Crippen MR) is 62.5 cm³/mol. The van der Waals surface area contributed by atoms with Gasteiger partial charge in [-0.2, -0.15) is 0 Å². The maximum absolute atomic E-state index is 11.1. The molecule has 0 saturated heterocycles. The van der Waals surface area contributed by atoms with Crippen molar-refractivity contribution in [2.45, 2.75) is 64.4 Å². The van der Waals surface area contributed by atoms with Gasteiger partial charge in [0.25, 0.3) is 0 Å². The first-order valence-electron chi connectivity index (χ1n) is 6.40. The SMILES string of the molecule is CC1(C)CCCCC1(O)C1(CN)CCC1. The fourth-order valence-corrected chi connectivity index (χ4v) is 3.87. The summed E-state index contributed by atoms with van der Waals surface area (Å²) >= 11 is 0. The molecule has 3 N–H and O–H groups in total. The fourth-order valence-electron chi connectivity index (χ4n) is 3.87. The van der Waals surface area contributed by atoms with E-state index in [0.717, 1.165) is 25.7 Å². The Morgan fingerprint density at radius 2 is 1.60 bits per heavy atom. The van der Waals surface area contributed by atoms with Gasteiger partial charge in [-0.1, -0.05) is 33.1 Å². The van der Waals surface area contributed by atoms with E-state index in [2.05, 4.69) is 13.8 Å². The number of rotatable bonds is 2. The van der Waals surface area contributed by atoms with Crippen molar-refractivity contribution in [2.75, 3.05) is 6.54 Å². The molecule has 0 radical (unpaired) electrons. The van der Waals surface area contributed by atoms with E-state index in [1.54, 1.807) is 0 Å². The third kappa shape index (κ3) is 1.38. The summed E-state index contributed by atoms with van der Waals surface area (Å²) in [6.07, 6.45) is 8.03. The third-order valence-corrected chi connectivity index (χ3v) is 5.29. The van der Waals surface area contributed by atoms with Crippen LogP contribution in [-0.2, 0) is 0 Å². The minimum atomic E-state index is -0.509. The maximum Gasteiger partial charge on any atom is 0.0766 e. The second-order valence-corrected chi connectivity index (χ2v) is 6.29. The lowest BCUT2D eigenvalue weighted by atomic mass is 9.47. The van der Waals surface area contributed by atoms with Gasteiger partial charge in [0.2, 0.25) is 0 Å². The zero-order chi connectivity index (χ0) is 11.2. The first-order chi connectivity index (χ1) is 6.97. The van der Waals surface area contributed by atoms with Gasteiger partial charge in [-0.3, -0.25) is 0 Å². The molecule has 2 heteroatoms. The molecule has 1 unspecified atom stereocenters. The molecule has 0 heterocycles. The molecule has 0 bridgehead atoms. The van der Waals surface area contributed by atoms with Gasteiger partial charge in [-0.05, 0) is 31.1 Å². The van der Waals surface area contributed by atoms with Crippen molar-refractivity contribution in [1.82, 2.24) is 0 Å². The summed E-state index contributed by atoms with van der Waals surface area (Å²) in [4.78, 5) is 0. The predicted octanol–water partition coefficient (Wildman–Crippen LogP) is 2.45. The zero-order valence-corrected chi connectivity index (χ0v) is 10.2. The van der Waals surface area contributed by atoms with Crippen molar-refractivity contribution >= 4 is 0 Å². The van der Waals surface area contributed by atoms with Crippen LogP contribution in [0.4, 0.5) is 0 Å². The van der Waals surface area contributed by atoms with Crippen LogP contribution in [0.15, 0.2) is 0 Å². The lowest BCUT2D eigenvalue weighted by Gasteiger charge is -2.61. The molecule has 2 saturated carbocycles. The van der Waals surface area contributed by atoms with E-state index in [1.807, 2.05) is 0 Å².